The first-order valence-corrected chi connectivity index (χ1v) is 12.2. The number of hydrogen-bond donors (Lipinski definition) is 1. The molecule has 7 nitrogen and oxygen atoms in total. The standard InChI is InChI=1S/C26H36N4O3/c1-4-14-30-22-18-29(17-8-16-28-15-7-6-9-19(28)3)25(31)23(22)24(27-26(30)32)20-10-12-21(13-11-20)33-5-2/h4,10-13,19,24H,1,5-9,14-18H2,2-3H3,(H,27,32). The second-order valence-corrected chi connectivity index (χ2v) is 9.11. The van der Waals surface area contributed by atoms with Crippen molar-refractivity contribution in [1.82, 2.24) is 20.0 Å². The third-order valence-electron chi connectivity index (χ3n) is 6.95. The molecule has 1 N–H and O–H groups in total. The van der Waals surface area contributed by atoms with Crippen LogP contribution < -0.4 is 10.1 Å². The first-order chi connectivity index (χ1) is 16.0. The molecule has 1 fully saturated rings. The highest BCUT2D eigenvalue weighted by Gasteiger charge is 2.43. The van der Waals surface area contributed by atoms with Crippen LogP contribution in [-0.4, -0.2) is 72.0 Å². The fraction of sp³-hybridized carbons (Fsp3) is 0.538. The summed E-state index contributed by atoms with van der Waals surface area (Å²) in [5.41, 5.74) is 2.36. The van der Waals surface area contributed by atoms with Crippen molar-refractivity contribution in [3.63, 3.8) is 0 Å². The van der Waals surface area contributed by atoms with E-state index in [9.17, 15) is 9.59 Å². The third kappa shape index (κ3) is 4.93. The molecule has 0 aromatic heterocycles. The van der Waals surface area contributed by atoms with Crippen LogP contribution in [0, 0.1) is 0 Å². The maximum absolute atomic E-state index is 13.5. The molecule has 1 saturated heterocycles. The van der Waals surface area contributed by atoms with Crippen molar-refractivity contribution in [3.05, 3.63) is 53.8 Å². The first-order valence-electron chi connectivity index (χ1n) is 12.2. The minimum absolute atomic E-state index is 0.0182. The zero-order valence-electron chi connectivity index (χ0n) is 19.9. The lowest BCUT2D eigenvalue weighted by atomic mass is 9.95. The molecule has 0 saturated carbocycles. The fourth-order valence-electron chi connectivity index (χ4n) is 5.18. The van der Waals surface area contributed by atoms with Gasteiger partial charge in [-0.2, -0.15) is 0 Å². The summed E-state index contributed by atoms with van der Waals surface area (Å²) < 4.78 is 5.55. The van der Waals surface area contributed by atoms with Gasteiger partial charge in [-0.25, -0.2) is 4.79 Å². The van der Waals surface area contributed by atoms with Crippen molar-refractivity contribution < 1.29 is 14.3 Å². The van der Waals surface area contributed by atoms with E-state index in [0.29, 0.717) is 37.9 Å². The van der Waals surface area contributed by atoms with Crippen molar-refractivity contribution in [1.29, 1.82) is 0 Å². The number of benzene rings is 1. The number of carbonyl (C=O) groups is 2. The number of likely N-dealkylation sites (tertiary alicyclic amines) is 1. The fourth-order valence-corrected chi connectivity index (χ4v) is 5.18. The Bertz CT molecular complexity index is 911. The molecule has 3 aliphatic rings. The van der Waals surface area contributed by atoms with Crippen molar-refractivity contribution in [3.8, 4) is 5.75 Å². The van der Waals surface area contributed by atoms with Gasteiger partial charge in [-0.15, -0.1) is 6.58 Å². The molecule has 4 rings (SSSR count). The van der Waals surface area contributed by atoms with Crippen LogP contribution in [0.25, 0.3) is 0 Å². The Morgan fingerprint density at radius 3 is 2.67 bits per heavy atom. The number of ether oxygens (including phenoxy) is 1. The quantitative estimate of drug-likeness (QED) is 0.581. The molecule has 0 spiro atoms. The van der Waals surface area contributed by atoms with Gasteiger partial charge in [0, 0.05) is 25.7 Å². The summed E-state index contributed by atoms with van der Waals surface area (Å²) >= 11 is 0. The number of urea groups is 1. The number of nitrogens with zero attached hydrogens (tertiary/aromatic N) is 3. The van der Waals surface area contributed by atoms with Crippen molar-refractivity contribution in [2.75, 3.05) is 39.3 Å². The molecule has 3 amide bonds. The molecule has 0 bridgehead atoms. The van der Waals surface area contributed by atoms with E-state index in [1.165, 1.54) is 19.3 Å². The van der Waals surface area contributed by atoms with Gasteiger partial charge in [0.15, 0.2) is 0 Å². The van der Waals surface area contributed by atoms with Gasteiger partial charge in [-0.3, -0.25) is 9.69 Å². The normalized spacial score (nSPS) is 23.6. The molecule has 178 valence electrons. The van der Waals surface area contributed by atoms with E-state index in [-0.39, 0.29) is 11.9 Å². The van der Waals surface area contributed by atoms with E-state index >= 15 is 0 Å². The summed E-state index contributed by atoms with van der Waals surface area (Å²) in [6.07, 6.45) is 6.47. The average Bonchev–Trinajstić information content (AvgIpc) is 3.14. The Morgan fingerprint density at radius 2 is 1.97 bits per heavy atom. The molecule has 3 aliphatic heterocycles. The Morgan fingerprint density at radius 1 is 1.18 bits per heavy atom. The highest BCUT2D eigenvalue weighted by atomic mass is 16.5. The molecular formula is C26H36N4O3. The first kappa shape index (κ1) is 23.4. The summed E-state index contributed by atoms with van der Waals surface area (Å²) in [6, 6.07) is 7.60. The van der Waals surface area contributed by atoms with Crippen molar-refractivity contribution in [2.45, 2.75) is 51.6 Å². The van der Waals surface area contributed by atoms with Crippen molar-refractivity contribution in [2.24, 2.45) is 0 Å². The zero-order valence-corrected chi connectivity index (χ0v) is 19.9. The average molecular weight is 453 g/mol. The van der Waals surface area contributed by atoms with E-state index in [1.807, 2.05) is 36.1 Å². The number of rotatable bonds is 9. The van der Waals surface area contributed by atoms with Crippen LogP contribution in [0.5, 0.6) is 5.75 Å². The maximum Gasteiger partial charge on any atom is 0.322 e. The highest BCUT2D eigenvalue weighted by Crippen LogP contribution is 2.36. The number of hydrogen-bond acceptors (Lipinski definition) is 4. The van der Waals surface area contributed by atoms with Crippen LogP contribution in [0.15, 0.2) is 48.2 Å². The highest BCUT2D eigenvalue weighted by molar-refractivity contribution is 6.01. The molecule has 0 radical (unpaired) electrons. The maximum atomic E-state index is 13.5. The van der Waals surface area contributed by atoms with Gasteiger partial charge < -0.3 is 19.9 Å². The molecule has 0 aliphatic carbocycles. The number of piperidine rings is 1. The third-order valence-corrected chi connectivity index (χ3v) is 6.95. The summed E-state index contributed by atoms with van der Waals surface area (Å²) in [5.74, 6) is 0.793. The van der Waals surface area contributed by atoms with Crippen LogP contribution in [0.3, 0.4) is 0 Å². The Hall–Kier alpha value is -2.80. The number of amides is 3. The van der Waals surface area contributed by atoms with Gasteiger partial charge in [0.25, 0.3) is 5.91 Å². The van der Waals surface area contributed by atoms with Gasteiger partial charge in [0.2, 0.25) is 0 Å². The molecule has 3 heterocycles. The summed E-state index contributed by atoms with van der Waals surface area (Å²) in [4.78, 5) is 32.5. The van der Waals surface area contributed by atoms with Crippen LogP contribution >= 0.6 is 0 Å². The van der Waals surface area contributed by atoms with Crippen LogP contribution in [0.4, 0.5) is 4.79 Å². The lowest BCUT2D eigenvalue weighted by Gasteiger charge is -2.33. The Balaban J connectivity index is 1.50. The van der Waals surface area contributed by atoms with Gasteiger partial charge in [0.05, 0.1) is 30.5 Å². The lowest BCUT2D eigenvalue weighted by Crippen LogP contribution is -2.47. The smallest absolute Gasteiger partial charge is 0.322 e. The number of nitrogens with one attached hydrogen (secondary N) is 1. The molecule has 7 heteroatoms. The Labute approximate surface area is 197 Å². The van der Waals surface area contributed by atoms with Gasteiger partial charge >= 0.3 is 6.03 Å². The number of carbonyl (C=O) groups excluding carboxylic acids is 2. The molecule has 2 atom stereocenters. The van der Waals surface area contributed by atoms with Crippen LogP contribution in [0.2, 0.25) is 0 Å². The predicted molar refractivity (Wildman–Crippen MR) is 129 cm³/mol. The molecule has 2 unspecified atom stereocenters. The monoisotopic (exact) mass is 452 g/mol. The van der Waals surface area contributed by atoms with Crippen LogP contribution in [-0.2, 0) is 4.79 Å². The van der Waals surface area contributed by atoms with Crippen LogP contribution in [0.1, 0.15) is 51.1 Å². The van der Waals surface area contributed by atoms with E-state index in [1.54, 1.807) is 11.0 Å². The second-order valence-electron chi connectivity index (χ2n) is 9.11. The summed E-state index contributed by atoms with van der Waals surface area (Å²) in [5, 5.41) is 3.04. The second kappa shape index (κ2) is 10.4. The largest absolute Gasteiger partial charge is 0.494 e. The van der Waals surface area contributed by atoms with E-state index in [0.717, 1.165) is 36.5 Å². The van der Waals surface area contributed by atoms with Gasteiger partial charge in [-0.1, -0.05) is 24.6 Å². The van der Waals surface area contributed by atoms with Gasteiger partial charge in [0.1, 0.15) is 5.75 Å². The zero-order chi connectivity index (χ0) is 23.4. The molecule has 1 aromatic carbocycles. The van der Waals surface area contributed by atoms with E-state index < -0.39 is 6.04 Å². The summed E-state index contributed by atoms with van der Waals surface area (Å²) in [6.45, 7) is 12.3. The topological polar surface area (TPSA) is 65.1 Å². The van der Waals surface area contributed by atoms with Crippen molar-refractivity contribution >= 4 is 11.9 Å². The molecule has 1 aromatic rings. The minimum Gasteiger partial charge on any atom is -0.494 e. The predicted octanol–water partition coefficient (Wildman–Crippen LogP) is 3.70. The minimum atomic E-state index is -0.455. The summed E-state index contributed by atoms with van der Waals surface area (Å²) in [7, 11) is 0. The molecule has 33 heavy (non-hydrogen) atoms. The Kier molecular flexibility index (Phi) is 7.38. The SMILES string of the molecule is C=CCN1C(=O)NC(c2ccc(OCC)cc2)C2=C1CN(CCCN1CCCCC1C)C2=O. The van der Waals surface area contributed by atoms with E-state index in [4.69, 9.17) is 4.74 Å². The molecular weight excluding hydrogens is 416 g/mol. The van der Waals surface area contributed by atoms with E-state index in [2.05, 4.69) is 23.7 Å². The van der Waals surface area contributed by atoms with Gasteiger partial charge in [-0.05, 0) is 57.4 Å². The lowest BCUT2D eigenvalue weighted by molar-refractivity contribution is -0.125.